The second-order valence-electron chi connectivity index (χ2n) is 5.83. The number of aliphatic hydroxyl groups excluding tert-OH is 1. The fraction of sp³-hybridized carbons (Fsp3) is 0.438. The average molecular weight is 383 g/mol. The molecule has 1 unspecified atom stereocenters. The Morgan fingerprint density at radius 2 is 2.16 bits per heavy atom. The molecule has 0 bridgehead atoms. The van der Waals surface area contributed by atoms with Crippen molar-refractivity contribution in [3.05, 3.63) is 42.7 Å². The third kappa shape index (κ3) is 4.42. The molecule has 2 aromatic rings. The molecule has 1 aromatic carbocycles. The number of benzene rings is 1. The smallest absolute Gasteiger partial charge is 0.240 e. The van der Waals surface area contributed by atoms with Gasteiger partial charge < -0.3 is 9.84 Å². The lowest BCUT2D eigenvalue weighted by molar-refractivity contribution is -0.0358. The third-order valence-electron chi connectivity index (χ3n) is 4.07. The highest BCUT2D eigenvalue weighted by atomic mass is 32.2. The molecule has 25 heavy (non-hydrogen) atoms. The first-order valence-corrected chi connectivity index (χ1v) is 10.6. The van der Waals surface area contributed by atoms with Gasteiger partial charge in [-0.25, -0.2) is 17.8 Å². The summed E-state index contributed by atoms with van der Waals surface area (Å²) >= 11 is 1.73. The van der Waals surface area contributed by atoms with E-state index in [1.807, 2.05) is 0 Å². The van der Waals surface area contributed by atoms with Crippen molar-refractivity contribution in [3.63, 3.8) is 0 Å². The standard InChI is InChI=1S/C16H21N3O4S2/c20-9-10-23-16(6-11-24-13-16)12-18-25(21,22)15-4-2-14(3-5-15)19-8-1-7-17-19/h1-5,7-8,18,20H,6,9-13H2. The molecule has 1 saturated heterocycles. The fourth-order valence-electron chi connectivity index (χ4n) is 2.66. The molecule has 1 aliphatic heterocycles. The Morgan fingerprint density at radius 1 is 1.36 bits per heavy atom. The van der Waals surface area contributed by atoms with Gasteiger partial charge in [-0.3, -0.25) is 0 Å². The maximum Gasteiger partial charge on any atom is 0.240 e. The lowest BCUT2D eigenvalue weighted by Gasteiger charge is -2.28. The molecule has 7 nitrogen and oxygen atoms in total. The number of nitrogens with one attached hydrogen (secondary N) is 1. The van der Waals surface area contributed by atoms with Gasteiger partial charge in [0, 0.05) is 24.7 Å². The van der Waals surface area contributed by atoms with Gasteiger partial charge in [-0.2, -0.15) is 16.9 Å². The number of aromatic nitrogens is 2. The van der Waals surface area contributed by atoms with Crippen molar-refractivity contribution >= 4 is 21.8 Å². The van der Waals surface area contributed by atoms with Gasteiger partial charge in [0.25, 0.3) is 0 Å². The Kier molecular flexibility index (Phi) is 5.80. The zero-order valence-electron chi connectivity index (χ0n) is 13.7. The Labute approximate surface area is 151 Å². The highest BCUT2D eigenvalue weighted by Gasteiger charge is 2.36. The van der Waals surface area contributed by atoms with Crippen LogP contribution in [0.3, 0.4) is 0 Å². The van der Waals surface area contributed by atoms with E-state index in [1.165, 1.54) is 0 Å². The molecule has 136 valence electrons. The van der Waals surface area contributed by atoms with Crippen LogP contribution in [0.25, 0.3) is 5.69 Å². The Bertz CT molecular complexity index is 770. The summed E-state index contributed by atoms with van der Waals surface area (Å²) in [4.78, 5) is 0.200. The summed E-state index contributed by atoms with van der Waals surface area (Å²) in [6.45, 7) is 0.332. The van der Waals surface area contributed by atoms with Gasteiger partial charge in [0.1, 0.15) is 0 Å². The maximum atomic E-state index is 12.6. The Hall–Kier alpha value is -1.39. The molecule has 0 aliphatic carbocycles. The SMILES string of the molecule is O=S(=O)(NCC1(OCCO)CCSC1)c1ccc(-n2cccn2)cc1. The van der Waals surface area contributed by atoms with Gasteiger partial charge >= 0.3 is 0 Å². The van der Waals surface area contributed by atoms with Crippen molar-refractivity contribution in [2.45, 2.75) is 16.9 Å². The number of hydrogen-bond donors (Lipinski definition) is 2. The first kappa shape index (κ1) is 18.4. The summed E-state index contributed by atoms with van der Waals surface area (Å²) in [5, 5.41) is 13.1. The molecule has 0 amide bonds. The number of hydrogen-bond acceptors (Lipinski definition) is 6. The van der Waals surface area contributed by atoms with E-state index in [0.717, 1.165) is 17.9 Å². The van der Waals surface area contributed by atoms with Gasteiger partial charge in [-0.15, -0.1) is 0 Å². The van der Waals surface area contributed by atoms with Crippen LogP contribution in [0.2, 0.25) is 0 Å². The third-order valence-corrected chi connectivity index (χ3v) is 6.71. The summed E-state index contributed by atoms with van der Waals surface area (Å²) in [6.07, 6.45) is 4.22. The highest BCUT2D eigenvalue weighted by molar-refractivity contribution is 7.99. The topological polar surface area (TPSA) is 93.5 Å². The lowest BCUT2D eigenvalue weighted by atomic mass is 10.0. The summed E-state index contributed by atoms with van der Waals surface area (Å²) < 4.78 is 35.2. The van der Waals surface area contributed by atoms with Crippen LogP contribution in [-0.4, -0.2) is 60.2 Å². The van der Waals surface area contributed by atoms with Crippen LogP contribution in [0, 0.1) is 0 Å². The molecule has 0 spiro atoms. The van der Waals surface area contributed by atoms with Gasteiger partial charge in [-0.1, -0.05) is 0 Å². The minimum absolute atomic E-state index is 0.0753. The van der Waals surface area contributed by atoms with Crippen molar-refractivity contribution in [2.75, 3.05) is 31.3 Å². The largest absolute Gasteiger partial charge is 0.394 e. The van der Waals surface area contributed by atoms with Crippen molar-refractivity contribution in [1.82, 2.24) is 14.5 Å². The number of nitrogens with zero attached hydrogens (tertiary/aromatic N) is 2. The second kappa shape index (κ2) is 7.88. The van der Waals surface area contributed by atoms with Crippen LogP contribution in [0.1, 0.15) is 6.42 Å². The normalized spacial score (nSPS) is 20.8. The number of rotatable bonds is 8. The summed E-state index contributed by atoms with van der Waals surface area (Å²) in [6, 6.07) is 8.35. The first-order valence-electron chi connectivity index (χ1n) is 7.97. The van der Waals surface area contributed by atoms with E-state index in [9.17, 15) is 8.42 Å². The van der Waals surface area contributed by atoms with Gasteiger partial charge in [0.2, 0.25) is 10.0 Å². The second-order valence-corrected chi connectivity index (χ2v) is 8.70. The van der Waals surface area contributed by atoms with Crippen molar-refractivity contribution in [3.8, 4) is 5.69 Å². The summed E-state index contributed by atoms with van der Waals surface area (Å²) in [5.74, 6) is 1.64. The first-order chi connectivity index (χ1) is 12.0. The molecule has 1 fully saturated rings. The van der Waals surface area contributed by atoms with Crippen molar-refractivity contribution < 1.29 is 18.3 Å². The van der Waals surface area contributed by atoms with Crippen LogP contribution in [0.5, 0.6) is 0 Å². The quantitative estimate of drug-likeness (QED) is 0.707. The van der Waals surface area contributed by atoms with E-state index in [4.69, 9.17) is 9.84 Å². The molecule has 9 heteroatoms. The molecule has 2 heterocycles. The van der Waals surface area contributed by atoms with Gasteiger partial charge in [0.05, 0.1) is 29.4 Å². The van der Waals surface area contributed by atoms with Crippen molar-refractivity contribution in [2.24, 2.45) is 0 Å². The summed E-state index contributed by atoms with van der Waals surface area (Å²) in [7, 11) is -3.63. The van der Waals surface area contributed by atoms with Crippen molar-refractivity contribution in [1.29, 1.82) is 0 Å². The number of sulfonamides is 1. The molecule has 0 saturated carbocycles. The molecule has 1 aromatic heterocycles. The zero-order chi connectivity index (χ0) is 17.8. The fourth-order valence-corrected chi connectivity index (χ4v) is 5.14. The monoisotopic (exact) mass is 383 g/mol. The van der Waals surface area contributed by atoms with E-state index in [2.05, 4.69) is 9.82 Å². The van der Waals surface area contributed by atoms with Gasteiger partial charge in [-0.05, 0) is 42.5 Å². The molecule has 1 aliphatic rings. The molecule has 1 atom stereocenters. The highest BCUT2D eigenvalue weighted by Crippen LogP contribution is 2.31. The van der Waals surface area contributed by atoms with Crippen LogP contribution in [0.15, 0.2) is 47.6 Å². The zero-order valence-corrected chi connectivity index (χ0v) is 15.3. The van der Waals surface area contributed by atoms with E-state index >= 15 is 0 Å². The van der Waals surface area contributed by atoms with Crippen LogP contribution < -0.4 is 4.72 Å². The molecular weight excluding hydrogens is 362 g/mol. The van der Waals surface area contributed by atoms with E-state index in [0.29, 0.717) is 5.75 Å². The number of thioether (sulfide) groups is 1. The number of aliphatic hydroxyl groups is 1. The average Bonchev–Trinajstić information content (AvgIpc) is 3.31. The van der Waals surface area contributed by atoms with Crippen LogP contribution >= 0.6 is 11.8 Å². The number of ether oxygens (including phenoxy) is 1. The predicted octanol–water partition coefficient (Wildman–Crippen LogP) is 1.04. The summed E-state index contributed by atoms with van der Waals surface area (Å²) in [5.41, 5.74) is 0.244. The predicted molar refractivity (Wildman–Crippen MR) is 96.5 cm³/mol. The van der Waals surface area contributed by atoms with Crippen LogP contribution in [-0.2, 0) is 14.8 Å². The van der Waals surface area contributed by atoms with Gasteiger partial charge in [0.15, 0.2) is 0 Å². The molecule has 2 N–H and O–H groups in total. The molecular formula is C16H21N3O4S2. The molecule has 0 radical (unpaired) electrons. The Balaban J connectivity index is 1.69. The van der Waals surface area contributed by atoms with E-state index in [1.54, 1.807) is 59.2 Å². The lowest BCUT2D eigenvalue weighted by Crippen LogP contribution is -2.45. The minimum atomic E-state index is -3.63. The van der Waals surface area contributed by atoms with E-state index < -0.39 is 15.6 Å². The maximum absolute atomic E-state index is 12.6. The Morgan fingerprint density at radius 3 is 2.76 bits per heavy atom. The van der Waals surface area contributed by atoms with E-state index in [-0.39, 0.29) is 24.7 Å². The molecule has 3 rings (SSSR count). The minimum Gasteiger partial charge on any atom is -0.394 e. The van der Waals surface area contributed by atoms with Crippen LogP contribution in [0.4, 0.5) is 0 Å².